The van der Waals surface area contributed by atoms with Crippen LogP contribution in [0, 0.1) is 6.92 Å². The molecule has 0 saturated heterocycles. The SMILES string of the molecule is Cc1nc(Br)cc(-c2cc3ccccc3o2)n1. The van der Waals surface area contributed by atoms with Crippen LogP contribution in [-0.2, 0) is 0 Å². The molecule has 3 aromatic rings. The Morgan fingerprint density at radius 2 is 1.94 bits per heavy atom. The number of nitrogens with zero attached hydrogens (tertiary/aromatic N) is 2. The maximum atomic E-state index is 5.75. The first-order valence-corrected chi connectivity index (χ1v) is 6.02. The van der Waals surface area contributed by atoms with E-state index in [0.29, 0.717) is 0 Å². The minimum atomic E-state index is 0.717. The van der Waals surface area contributed by atoms with Crippen LogP contribution >= 0.6 is 15.9 Å². The summed E-state index contributed by atoms with van der Waals surface area (Å²) < 4.78 is 6.52. The molecule has 0 aliphatic carbocycles. The Morgan fingerprint density at radius 3 is 2.71 bits per heavy atom. The van der Waals surface area contributed by atoms with Crippen LogP contribution in [0.2, 0.25) is 0 Å². The van der Waals surface area contributed by atoms with Gasteiger partial charge in [-0.2, -0.15) is 0 Å². The van der Waals surface area contributed by atoms with Crippen LogP contribution in [0.25, 0.3) is 22.4 Å². The average molecular weight is 289 g/mol. The van der Waals surface area contributed by atoms with E-state index in [9.17, 15) is 0 Å². The fourth-order valence-electron chi connectivity index (χ4n) is 1.77. The van der Waals surface area contributed by atoms with Gasteiger partial charge < -0.3 is 4.42 Å². The number of halogens is 1. The minimum Gasteiger partial charge on any atom is -0.454 e. The van der Waals surface area contributed by atoms with Gasteiger partial charge >= 0.3 is 0 Å². The summed E-state index contributed by atoms with van der Waals surface area (Å²) >= 11 is 3.36. The van der Waals surface area contributed by atoms with Gasteiger partial charge in [0.05, 0.1) is 0 Å². The monoisotopic (exact) mass is 288 g/mol. The minimum absolute atomic E-state index is 0.717. The molecule has 17 heavy (non-hydrogen) atoms. The first kappa shape index (κ1) is 10.5. The summed E-state index contributed by atoms with van der Waals surface area (Å²) in [6.07, 6.45) is 0. The van der Waals surface area contributed by atoms with E-state index < -0.39 is 0 Å². The molecule has 0 saturated carbocycles. The van der Waals surface area contributed by atoms with Crippen LogP contribution < -0.4 is 0 Å². The largest absolute Gasteiger partial charge is 0.454 e. The Kier molecular flexibility index (Phi) is 2.44. The highest BCUT2D eigenvalue weighted by molar-refractivity contribution is 9.10. The van der Waals surface area contributed by atoms with Crippen LogP contribution in [0.15, 0.2) is 45.4 Å². The lowest BCUT2D eigenvalue weighted by molar-refractivity contribution is 0.628. The Hall–Kier alpha value is -1.68. The van der Waals surface area contributed by atoms with Gasteiger partial charge in [-0.3, -0.25) is 0 Å². The molecular formula is C13H9BrN2O. The van der Waals surface area contributed by atoms with E-state index in [2.05, 4.69) is 25.9 Å². The highest BCUT2D eigenvalue weighted by Gasteiger charge is 2.08. The summed E-state index contributed by atoms with van der Waals surface area (Å²) in [6.45, 7) is 1.86. The Morgan fingerprint density at radius 1 is 1.12 bits per heavy atom. The zero-order valence-corrected chi connectivity index (χ0v) is 10.7. The predicted molar refractivity (Wildman–Crippen MR) is 69.7 cm³/mol. The van der Waals surface area contributed by atoms with Gasteiger partial charge in [0, 0.05) is 11.5 Å². The van der Waals surface area contributed by atoms with Crippen molar-refractivity contribution in [2.75, 3.05) is 0 Å². The van der Waals surface area contributed by atoms with Crippen LogP contribution in [0.5, 0.6) is 0 Å². The summed E-state index contributed by atoms with van der Waals surface area (Å²) in [4.78, 5) is 8.54. The highest BCUT2D eigenvalue weighted by Crippen LogP contribution is 2.27. The predicted octanol–water partition coefficient (Wildman–Crippen LogP) is 3.96. The van der Waals surface area contributed by atoms with Crippen molar-refractivity contribution in [3.63, 3.8) is 0 Å². The number of para-hydroxylation sites is 1. The molecule has 0 amide bonds. The second-order valence-electron chi connectivity index (χ2n) is 3.77. The number of fused-ring (bicyclic) bond motifs is 1. The van der Waals surface area contributed by atoms with E-state index in [1.165, 1.54) is 0 Å². The lowest BCUT2D eigenvalue weighted by Crippen LogP contribution is -1.90. The molecule has 2 aromatic heterocycles. The normalized spacial score (nSPS) is 10.9. The Labute approximate surface area is 107 Å². The molecule has 0 bridgehead atoms. The standard InChI is InChI=1S/C13H9BrN2O/c1-8-15-10(7-13(14)16-8)12-6-9-4-2-3-5-11(9)17-12/h2-7H,1H3. The fraction of sp³-hybridized carbons (Fsp3) is 0.0769. The molecule has 0 radical (unpaired) electrons. The highest BCUT2D eigenvalue weighted by atomic mass is 79.9. The molecule has 3 rings (SSSR count). The lowest BCUT2D eigenvalue weighted by atomic mass is 10.2. The van der Waals surface area contributed by atoms with Gasteiger partial charge in [0.2, 0.25) is 0 Å². The van der Waals surface area contributed by atoms with Crippen molar-refractivity contribution in [3.05, 3.63) is 46.8 Å². The van der Waals surface area contributed by atoms with Crippen molar-refractivity contribution in [3.8, 4) is 11.5 Å². The van der Waals surface area contributed by atoms with E-state index in [0.717, 1.165) is 32.9 Å². The second kappa shape index (κ2) is 3.96. The molecule has 0 aliphatic heterocycles. The van der Waals surface area contributed by atoms with E-state index >= 15 is 0 Å². The first-order valence-electron chi connectivity index (χ1n) is 5.22. The number of rotatable bonds is 1. The molecular weight excluding hydrogens is 280 g/mol. The van der Waals surface area contributed by atoms with E-state index in [-0.39, 0.29) is 0 Å². The van der Waals surface area contributed by atoms with Crippen molar-refractivity contribution >= 4 is 26.9 Å². The molecule has 3 nitrogen and oxygen atoms in total. The zero-order chi connectivity index (χ0) is 11.8. The molecule has 4 heteroatoms. The zero-order valence-electron chi connectivity index (χ0n) is 9.14. The summed E-state index contributed by atoms with van der Waals surface area (Å²) in [5.41, 5.74) is 1.66. The average Bonchev–Trinajstić information content (AvgIpc) is 2.71. The Balaban J connectivity index is 2.20. The first-order chi connectivity index (χ1) is 8.22. The molecule has 0 fully saturated rings. The van der Waals surface area contributed by atoms with Crippen molar-refractivity contribution in [2.45, 2.75) is 6.92 Å². The summed E-state index contributed by atoms with van der Waals surface area (Å²) in [5.74, 6) is 1.48. The van der Waals surface area contributed by atoms with Gasteiger partial charge in [0.15, 0.2) is 5.76 Å². The maximum Gasteiger partial charge on any atom is 0.153 e. The molecule has 0 N–H and O–H groups in total. The van der Waals surface area contributed by atoms with Crippen molar-refractivity contribution in [2.24, 2.45) is 0 Å². The molecule has 0 atom stereocenters. The maximum absolute atomic E-state index is 5.75. The van der Waals surface area contributed by atoms with Crippen molar-refractivity contribution in [1.29, 1.82) is 0 Å². The molecule has 84 valence electrons. The third kappa shape index (κ3) is 1.96. The van der Waals surface area contributed by atoms with Crippen LogP contribution in [0.1, 0.15) is 5.82 Å². The number of furan rings is 1. The van der Waals surface area contributed by atoms with E-state index in [4.69, 9.17) is 4.42 Å². The van der Waals surface area contributed by atoms with E-state index in [1.54, 1.807) is 0 Å². The molecule has 2 heterocycles. The van der Waals surface area contributed by atoms with Gasteiger partial charge in [-0.05, 0) is 35.0 Å². The summed E-state index contributed by atoms with van der Waals surface area (Å²) in [5, 5.41) is 1.08. The molecule has 0 spiro atoms. The van der Waals surface area contributed by atoms with Gasteiger partial charge in [0.25, 0.3) is 0 Å². The molecule has 0 aliphatic rings. The number of aryl methyl sites for hydroxylation is 1. The summed E-state index contributed by atoms with van der Waals surface area (Å²) in [7, 11) is 0. The van der Waals surface area contributed by atoms with Gasteiger partial charge in [-0.15, -0.1) is 0 Å². The fourth-order valence-corrected chi connectivity index (χ4v) is 2.24. The molecule has 0 unspecified atom stereocenters. The number of benzene rings is 1. The third-order valence-corrected chi connectivity index (χ3v) is 2.89. The smallest absolute Gasteiger partial charge is 0.153 e. The number of hydrogen-bond donors (Lipinski definition) is 0. The summed E-state index contributed by atoms with van der Waals surface area (Å²) in [6, 6.07) is 11.8. The lowest BCUT2D eigenvalue weighted by Gasteiger charge is -1.98. The Bertz CT molecular complexity index is 637. The second-order valence-corrected chi connectivity index (χ2v) is 4.58. The topological polar surface area (TPSA) is 38.9 Å². The number of aromatic nitrogens is 2. The van der Waals surface area contributed by atoms with E-state index in [1.807, 2.05) is 43.3 Å². The molecule has 1 aromatic carbocycles. The van der Waals surface area contributed by atoms with Gasteiger partial charge in [0.1, 0.15) is 21.7 Å². The third-order valence-electron chi connectivity index (χ3n) is 2.48. The van der Waals surface area contributed by atoms with Gasteiger partial charge in [-0.25, -0.2) is 9.97 Å². The van der Waals surface area contributed by atoms with Crippen LogP contribution in [0.4, 0.5) is 0 Å². The van der Waals surface area contributed by atoms with Crippen LogP contribution in [-0.4, -0.2) is 9.97 Å². The number of hydrogen-bond acceptors (Lipinski definition) is 3. The van der Waals surface area contributed by atoms with Gasteiger partial charge in [-0.1, -0.05) is 18.2 Å². The van der Waals surface area contributed by atoms with Crippen molar-refractivity contribution < 1.29 is 4.42 Å². The quantitative estimate of drug-likeness (QED) is 0.636. The van der Waals surface area contributed by atoms with Crippen LogP contribution in [0.3, 0.4) is 0 Å². The van der Waals surface area contributed by atoms with Crippen molar-refractivity contribution in [1.82, 2.24) is 9.97 Å².